The lowest BCUT2D eigenvalue weighted by atomic mass is 9.90. The van der Waals surface area contributed by atoms with Gasteiger partial charge in [0.15, 0.2) is 5.78 Å². The van der Waals surface area contributed by atoms with Crippen molar-refractivity contribution in [2.45, 2.75) is 19.3 Å². The molecule has 23 heavy (non-hydrogen) atoms. The number of pyridine rings is 1. The molecule has 0 radical (unpaired) electrons. The van der Waals surface area contributed by atoms with E-state index in [2.05, 4.69) is 24.3 Å². The summed E-state index contributed by atoms with van der Waals surface area (Å²) in [7, 11) is 0. The first-order valence-electron chi connectivity index (χ1n) is 8.01. The van der Waals surface area contributed by atoms with Gasteiger partial charge < -0.3 is 0 Å². The quantitative estimate of drug-likeness (QED) is 0.671. The highest BCUT2D eigenvalue weighted by atomic mass is 16.1. The zero-order chi connectivity index (χ0) is 15.6. The van der Waals surface area contributed by atoms with Gasteiger partial charge in [-0.1, -0.05) is 60.7 Å². The van der Waals surface area contributed by atoms with E-state index < -0.39 is 0 Å². The summed E-state index contributed by atoms with van der Waals surface area (Å²) in [6.07, 6.45) is 2.42. The fourth-order valence-corrected chi connectivity index (χ4v) is 3.19. The molecule has 0 bridgehead atoms. The molecule has 0 unspecified atom stereocenters. The van der Waals surface area contributed by atoms with Gasteiger partial charge in [-0.25, -0.2) is 0 Å². The number of aromatic nitrogens is 1. The summed E-state index contributed by atoms with van der Waals surface area (Å²) < 4.78 is 0. The number of aryl methyl sites for hydroxylation is 1. The Morgan fingerprint density at radius 3 is 2.09 bits per heavy atom. The van der Waals surface area contributed by atoms with Crippen LogP contribution in [0.25, 0.3) is 22.4 Å². The van der Waals surface area contributed by atoms with E-state index in [4.69, 9.17) is 4.98 Å². The van der Waals surface area contributed by atoms with E-state index in [9.17, 15) is 4.79 Å². The molecule has 4 rings (SSSR count). The van der Waals surface area contributed by atoms with Crippen molar-refractivity contribution in [2.75, 3.05) is 0 Å². The minimum atomic E-state index is 0.218. The van der Waals surface area contributed by atoms with E-state index in [1.165, 1.54) is 0 Å². The number of nitrogens with zero attached hydrogens (tertiary/aromatic N) is 1. The lowest BCUT2D eigenvalue weighted by molar-refractivity contribution is 0.0971. The minimum Gasteiger partial charge on any atom is -0.294 e. The average Bonchev–Trinajstić information content (AvgIpc) is 2.63. The molecular weight excluding hydrogens is 282 g/mol. The highest BCUT2D eigenvalue weighted by Crippen LogP contribution is 2.34. The third kappa shape index (κ3) is 2.57. The number of hydrogen-bond acceptors (Lipinski definition) is 2. The number of rotatable bonds is 2. The van der Waals surface area contributed by atoms with Gasteiger partial charge in [0.1, 0.15) is 0 Å². The van der Waals surface area contributed by atoms with Crippen LogP contribution >= 0.6 is 0 Å². The van der Waals surface area contributed by atoms with Gasteiger partial charge in [-0.2, -0.15) is 0 Å². The molecule has 2 aromatic carbocycles. The number of carbonyl (C=O) groups excluding carboxylic acids is 1. The largest absolute Gasteiger partial charge is 0.294 e. The third-order valence-corrected chi connectivity index (χ3v) is 4.35. The molecule has 0 saturated heterocycles. The Kier molecular flexibility index (Phi) is 3.51. The van der Waals surface area contributed by atoms with Crippen molar-refractivity contribution in [1.82, 2.24) is 4.98 Å². The van der Waals surface area contributed by atoms with Gasteiger partial charge >= 0.3 is 0 Å². The van der Waals surface area contributed by atoms with Crippen LogP contribution in [0.1, 0.15) is 28.9 Å². The van der Waals surface area contributed by atoms with Gasteiger partial charge in [-0.05, 0) is 24.5 Å². The first kappa shape index (κ1) is 13.9. The Balaban J connectivity index is 1.98. The van der Waals surface area contributed by atoms with Crippen molar-refractivity contribution < 1.29 is 4.79 Å². The predicted molar refractivity (Wildman–Crippen MR) is 92.4 cm³/mol. The van der Waals surface area contributed by atoms with E-state index in [-0.39, 0.29) is 5.78 Å². The summed E-state index contributed by atoms with van der Waals surface area (Å²) >= 11 is 0. The number of carbonyl (C=O) groups is 1. The van der Waals surface area contributed by atoms with Crippen molar-refractivity contribution in [2.24, 2.45) is 0 Å². The highest BCUT2D eigenvalue weighted by molar-refractivity contribution is 6.00. The lowest BCUT2D eigenvalue weighted by Gasteiger charge is -2.18. The SMILES string of the molecule is O=C1CCCc2nc(-c3ccccc3)c(-c3ccccc3)cc21. The average molecular weight is 299 g/mol. The van der Waals surface area contributed by atoms with Crippen molar-refractivity contribution >= 4 is 5.78 Å². The highest BCUT2D eigenvalue weighted by Gasteiger charge is 2.22. The molecule has 1 heterocycles. The molecule has 112 valence electrons. The molecule has 0 N–H and O–H groups in total. The van der Waals surface area contributed by atoms with Crippen LogP contribution in [0.2, 0.25) is 0 Å². The summed E-state index contributed by atoms with van der Waals surface area (Å²) in [4.78, 5) is 17.2. The number of ketones is 1. The molecule has 0 atom stereocenters. The summed E-state index contributed by atoms with van der Waals surface area (Å²) in [5, 5.41) is 0. The zero-order valence-electron chi connectivity index (χ0n) is 12.8. The van der Waals surface area contributed by atoms with E-state index >= 15 is 0 Å². The Hall–Kier alpha value is -2.74. The maximum atomic E-state index is 12.3. The Bertz CT molecular complexity index is 854. The molecule has 2 heteroatoms. The molecule has 1 aromatic heterocycles. The van der Waals surface area contributed by atoms with Crippen LogP contribution in [-0.4, -0.2) is 10.8 Å². The fourth-order valence-electron chi connectivity index (χ4n) is 3.19. The lowest BCUT2D eigenvalue weighted by Crippen LogP contribution is -2.13. The summed E-state index contributed by atoms with van der Waals surface area (Å²) in [5.41, 5.74) is 5.93. The first-order chi connectivity index (χ1) is 11.3. The van der Waals surface area contributed by atoms with E-state index in [0.717, 1.165) is 46.5 Å². The van der Waals surface area contributed by atoms with Gasteiger partial charge in [0.05, 0.1) is 11.4 Å². The second-order valence-corrected chi connectivity index (χ2v) is 5.89. The van der Waals surface area contributed by atoms with Crippen LogP contribution in [0.4, 0.5) is 0 Å². The van der Waals surface area contributed by atoms with Crippen LogP contribution in [0.3, 0.4) is 0 Å². The molecule has 0 fully saturated rings. The summed E-state index contributed by atoms with van der Waals surface area (Å²) in [5.74, 6) is 0.218. The van der Waals surface area contributed by atoms with Crippen molar-refractivity contribution in [3.05, 3.63) is 78.0 Å². The maximum Gasteiger partial charge on any atom is 0.164 e. The van der Waals surface area contributed by atoms with Gasteiger partial charge in [0, 0.05) is 23.1 Å². The minimum absolute atomic E-state index is 0.218. The third-order valence-electron chi connectivity index (χ3n) is 4.35. The van der Waals surface area contributed by atoms with Crippen LogP contribution in [0.5, 0.6) is 0 Å². The standard InChI is InChI=1S/C21H17NO/c23-20-13-7-12-19-18(20)14-17(15-8-3-1-4-9-15)21(22-19)16-10-5-2-6-11-16/h1-6,8-11,14H,7,12-13H2. The number of benzene rings is 2. The molecule has 1 aliphatic carbocycles. The van der Waals surface area contributed by atoms with Crippen molar-refractivity contribution in [3.63, 3.8) is 0 Å². The van der Waals surface area contributed by atoms with Gasteiger partial charge in [0.2, 0.25) is 0 Å². The molecule has 1 aliphatic rings. The Labute approximate surface area is 135 Å². The van der Waals surface area contributed by atoms with Gasteiger partial charge in [-0.15, -0.1) is 0 Å². The van der Waals surface area contributed by atoms with Crippen molar-refractivity contribution in [1.29, 1.82) is 0 Å². The summed E-state index contributed by atoms with van der Waals surface area (Å²) in [6, 6.07) is 22.4. The molecule has 3 aromatic rings. The second-order valence-electron chi connectivity index (χ2n) is 5.89. The second kappa shape index (κ2) is 5.81. The monoisotopic (exact) mass is 299 g/mol. The molecule has 2 nitrogen and oxygen atoms in total. The van der Waals surface area contributed by atoms with Crippen LogP contribution in [-0.2, 0) is 6.42 Å². The van der Waals surface area contributed by atoms with Gasteiger partial charge in [0.25, 0.3) is 0 Å². The molecule has 0 spiro atoms. The molecular formula is C21H17NO. The van der Waals surface area contributed by atoms with Gasteiger partial charge in [-0.3, -0.25) is 9.78 Å². The predicted octanol–water partition coefficient (Wildman–Crippen LogP) is 4.93. The van der Waals surface area contributed by atoms with Crippen LogP contribution in [0.15, 0.2) is 66.7 Å². The van der Waals surface area contributed by atoms with Crippen LogP contribution in [0, 0.1) is 0 Å². The number of fused-ring (bicyclic) bond motifs is 1. The smallest absolute Gasteiger partial charge is 0.164 e. The number of Topliss-reactive ketones (excluding diaryl/α,β-unsaturated/α-hetero) is 1. The van der Waals surface area contributed by atoms with E-state index in [1.54, 1.807) is 0 Å². The zero-order valence-corrected chi connectivity index (χ0v) is 12.8. The molecule has 0 amide bonds. The van der Waals surface area contributed by atoms with E-state index in [0.29, 0.717) is 6.42 Å². The van der Waals surface area contributed by atoms with E-state index in [1.807, 2.05) is 42.5 Å². The maximum absolute atomic E-state index is 12.3. The van der Waals surface area contributed by atoms with Crippen molar-refractivity contribution in [3.8, 4) is 22.4 Å². The topological polar surface area (TPSA) is 30.0 Å². The Morgan fingerprint density at radius 2 is 1.39 bits per heavy atom. The Morgan fingerprint density at radius 1 is 0.739 bits per heavy atom. The number of hydrogen-bond donors (Lipinski definition) is 0. The molecule has 0 aliphatic heterocycles. The first-order valence-corrected chi connectivity index (χ1v) is 8.01. The normalized spacial score (nSPS) is 13.7. The van der Waals surface area contributed by atoms with Crippen LogP contribution < -0.4 is 0 Å². The summed E-state index contributed by atoms with van der Waals surface area (Å²) in [6.45, 7) is 0. The fraction of sp³-hybridized carbons (Fsp3) is 0.143. The molecule has 0 saturated carbocycles.